The summed E-state index contributed by atoms with van der Waals surface area (Å²) in [6.07, 6.45) is 0. The molecule has 4 nitrogen and oxygen atoms in total. The molecule has 0 fully saturated rings. The minimum Gasteiger partial charge on any atom is -0.593 e. The molecule has 0 aromatic heterocycles. The van der Waals surface area contributed by atoms with Crippen molar-refractivity contribution in [1.29, 1.82) is 0 Å². The molecule has 94 valence electrons. The molecule has 1 aromatic carbocycles. The molecule has 0 heterocycles. The number of aryl methyl sites for hydroxylation is 1. The molecule has 0 aliphatic carbocycles. The molecule has 0 aliphatic heterocycles. The van der Waals surface area contributed by atoms with Crippen molar-refractivity contribution in [1.82, 2.24) is 0 Å². The van der Waals surface area contributed by atoms with E-state index < -0.39 is 22.1 Å². The second kappa shape index (κ2) is 4.98. The summed E-state index contributed by atoms with van der Waals surface area (Å²) in [4.78, 5) is 11.1. The SMILES string of the molecule is Cc1ccc(N[S+]([O-])C(C)(C)C)c(C(=O)O)c1. The maximum Gasteiger partial charge on any atom is 0.337 e. The molecule has 1 atom stereocenters. The number of benzene rings is 1. The van der Waals surface area contributed by atoms with Crippen LogP contribution < -0.4 is 4.72 Å². The topological polar surface area (TPSA) is 72.4 Å². The third-order valence-corrected chi connectivity index (χ3v) is 3.68. The zero-order chi connectivity index (χ0) is 13.2. The fourth-order valence-electron chi connectivity index (χ4n) is 1.18. The molecule has 0 spiro atoms. The van der Waals surface area contributed by atoms with Crippen LogP contribution in [-0.2, 0) is 11.4 Å². The van der Waals surface area contributed by atoms with Gasteiger partial charge in [-0.1, -0.05) is 11.6 Å². The number of rotatable bonds is 3. The minimum atomic E-state index is -1.34. The lowest BCUT2D eigenvalue weighted by atomic mass is 10.1. The van der Waals surface area contributed by atoms with Gasteiger partial charge in [-0.2, -0.15) is 0 Å². The minimum absolute atomic E-state index is 0.141. The maximum atomic E-state index is 11.9. The van der Waals surface area contributed by atoms with Crippen molar-refractivity contribution in [3.63, 3.8) is 0 Å². The van der Waals surface area contributed by atoms with E-state index in [-0.39, 0.29) is 5.56 Å². The van der Waals surface area contributed by atoms with E-state index >= 15 is 0 Å². The van der Waals surface area contributed by atoms with Crippen LogP contribution in [0.2, 0.25) is 0 Å². The molecule has 2 N–H and O–H groups in total. The zero-order valence-electron chi connectivity index (χ0n) is 10.4. The molecular formula is C12H17NO3S. The molecule has 0 saturated carbocycles. The van der Waals surface area contributed by atoms with Gasteiger partial charge in [-0.3, -0.25) is 0 Å². The fourth-order valence-corrected chi connectivity index (χ4v) is 1.86. The third kappa shape index (κ3) is 3.64. The summed E-state index contributed by atoms with van der Waals surface area (Å²) in [7, 11) is 0. The summed E-state index contributed by atoms with van der Waals surface area (Å²) in [5, 5.41) is 9.07. The standard InChI is InChI=1S/C12H17NO3S/c1-8-5-6-10(9(7-8)11(14)15)13-17(16)12(2,3)4/h5-7,13H,1-4H3,(H,14,15). The number of nitrogens with one attached hydrogen (secondary N) is 1. The van der Waals surface area contributed by atoms with Crippen LogP contribution in [0.4, 0.5) is 5.69 Å². The summed E-state index contributed by atoms with van der Waals surface area (Å²) in [5.74, 6) is -1.03. The molecule has 0 amide bonds. The highest BCUT2D eigenvalue weighted by Crippen LogP contribution is 2.23. The van der Waals surface area contributed by atoms with E-state index in [1.807, 2.05) is 27.7 Å². The maximum absolute atomic E-state index is 11.9. The molecule has 0 saturated heterocycles. The predicted molar refractivity (Wildman–Crippen MR) is 69.7 cm³/mol. The predicted octanol–water partition coefficient (Wildman–Crippen LogP) is 2.57. The quantitative estimate of drug-likeness (QED) is 0.814. The first kappa shape index (κ1) is 13.9. The number of carboxylic acid groups (broad SMARTS) is 1. The number of anilines is 1. The zero-order valence-corrected chi connectivity index (χ0v) is 11.2. The average Bonchev–Trinajstić information content (AvgIpc) is 2.18. The number of carboxylic acids is 1. The third-order valence-electron chi connectivity index (χ3n) is 2.16. The van der Waals surface area contributed by atoms with E-state index in [4.69, 9.17) is 5.11 Å². The molecule has 17 heavy (non-hydrogen) atoms. The van der Waals surface area contributed by atoms with Gasteiger partial charge in [-0.15, -0.1) is 0 Å². The summed E-state index contributed by atoms with van der Waals surface area (Å²) in [5.41, 5.74) is 1.38. The number of carbonyl (C=O) groups is 1. The number of hydrogen-bond acceptors (Lipinski definition) is 3. The normalized spacial score (nSPS) is 13.2. The fraction of sp³-hybridized carbons (Fsp3) is 0.417. The molecule has 1 unspecified atom stereocenters. The Hall–Kier alpha value is -1.20. The van der Waals surface area contributed by atoms with Crippen LogP contribution >= 0.6 is 0 Å². The van der Waals surface area contributed by atoms with Gasteiger partial charge in [-0.05, 0) is 39.8 Å². The largest absolute Gasteiger partial charge is 0.593 e. The van der Waals surface area contributed by atoms with Gasteiger partial charge in [0.05, 0.1) is 22.6 Å². The Morgan fingerprint density at radius 3 is 2.47 bits per heavy atom. The highest BCUT2D eigenvalue weighted by atomic mass is 32.2. The van der Waals surface area contributed by atoms with Crippen LogP contribution in [0.3, 0.4) is 0 Å². The Morgan fingerprint density at radius 1 is 1.41 bits per heavy atom. The van der Waals surface area contributed by atoms with Crippen LogP contribution in [0.5, 0.6) is 0 Å². The Balaban J connectivity index is 3.03. The van der Waals surface area contributed by atoms with Crippen LogP contribution in [0.25, 0.3) is 0 Å². The molecule has 1 aromatic rings. The van der Waals surface area contributed by atoms with Crippen molar-refractivity contribution < 1.29 is 14.5 Å². The monoisotopic (exact) mass is 255 g/mol. The first-order valence-electron chi connectivity index (χ1n) is 5.24. The van der Waals surface area contributed by atoms with Crippen LogP contribution in [0.1, 0.15) is 36.7 Å². The molecule has 0 bridgehead atoms. The van der Waals surface area contributed by atoms with Crippen molar-refractivity contribution in [2.24, 2.45) is 0 Å². The second-order valence-electron chi connectivity index (χ2n) is 4.84. The van der Waals surface area contributed by atoms with Crippen molar-refractivity contribution in [3.05, 3.63) is 29.3 Å². The highest BCUT2D eigenvalue weighted by Gasteiger charge is 2.28. The highest BCUT2D eigenvalue weighted by molar-refractivity contribution is 7.94. The van der Waals surface area contributed by atoms with Gasteiger partial charge in [-0.25, -0.2) is 9.52 Å². The molecule has 0 aliphatic rings. The summed E-state index contributed by atoms with van der Waals surface area (Å²) in [6.45, 7) is 7.29. The smallest absolute Gasteiger partial charge is 0.337 e. The van der Waals surface area contributed by atoms with E-state index in [1.165, 1.54) is 0 Å². The van der Waals surface area contributed by atoms with Crippen LogP contribution in [0.15, 0.2) is 18.2 Å². The van der Waals surface area contributed by atoms with Crippen molar-refractivity contribution in [3.8, 4) is 0 Å². The molecular weight excluding hydrogens is 238 g/mol. The lowest BCUT2D eigenvalue weighted by molar-refractivity contribution is 0.0698. The van der Waals surface area contributed by atoms with Crippen LogP contribution in [0, 0.1) is 6.92 Å². The van der Waals surface area contributed by atoms with Gasteiger partial charge in [0.2, 0.25) is 0 Å². The van der Waals surface area contributed by atoms with E-state index in [1.54, 1.807) is 18.2 Å². The Labute approximate surface area is 104 Å². The number of aromatic carboxylic acids is 1. The van der Waals surface area contributed by atoms with Crippen molar-refractivity contribution in [2.45, 2.75) is 32.4 Å². The molecule has 0 radical (unpaired) electrons. The van der Waals surface area contributed by atoms with Gasteiger partial charge in [0.1, 0.15) is 4.75 Å². The summed E-state index contributed by atoms with van der Waals surface area (Å²) < 4.78 is 14.2. The van der Waals surface area contributed by atoms with Crippen LogP contribution in [-0.4, -0.2) is 20.4 Å². The van der Waals surface area contributed by atoms with Crippen molar-refractivity contribution in [2.75, 3.05) is 4.72 Å². The van der Waals surface area contributed by atoms with E-state index in [2.05, 4.69) is 4.72 Å². The van der Waals surface area contributed by atoms with Gasteiger partial charge < -0.3 is 9.66 Å². The molecule has 1 rings (SSSR count). The lowest BCUT2D eigenvalue weighted by Crippen LogP contribution is -2.34. The molecule has 5 heteroatoms. The Morgan fingerprint density at radius 2 is 2.00 bits per heavy atom. The lowest BCUT2D eigenvalue weighted by Gasteiger charge is -2.24. The van der Waals surface area contributed by atoms with Gasteiger partial charge in [0.15, 0.2) is 0 Å². The Bertz CT molecular complexity index is 426. The van der Waals surface area contributed by atoms with Crippen molar-refractivity contribution >= 4 is 23.0 Å². The first-order valence-corrected chi connectivity index (χ1v) is 6.39. The van der Waals surface area contributed by atoms with E-state index in [9.17, 15) is 9.35 Å². The Kier molecular flexibility index (Phi) is 4.06. The number of hydrogen-bond donors (Lipinski definition) is 2. The van der Waals surface area contributed by atoms with Gasteiger partial charge >= 0.3 is 5.97 Å². The summed E-state index contributed by atoms with van der Waals surface area (Å²) >= 11 is -1.34. The second-order valence-corrected chi connectivity index (χ2v) is 6.80. The first-order chi connectivity index (χ1) is 7.71. The summed E-state index contributed by atoms with van der Waals surface area (Å²) in [6, 6.07) is 4.99. The average molecular weight is 255 g/mol. The van der Waals surface area contributed by atoms with Gasteiger partial charge in [0.25, 0.3) is 0 Å². The van der Waals surface area contributed by atoms with Gasteiger partial charge in [0, 0.05) is 0 Å². The van der Waals surface area contributed by atoms with E-state index in [0.717, 1.165) is 5.56 Å². The van der Waals surface area contributed by atoms with E-state index in [0.29, 0.717) is 5.69 Å².